The quantitative estimate of drug-likeness (QED) is 0.689. The highest BCUT2D eigenvalue weighted by molar-refractivity contribution is 9.10. The van der Waals surface area contributed by atoms with Crippen molar-refractivity contribution in [2.45, 2.75) is 0 Å². The minimum atomic E-state index is -0.116. The van der Waals surface area contributed by atoms with Crippen molar-refractivity contribution in [1.82, 2.24) is 9.97 Å². The Kier molecular flexibility index (Phi) is 2.27. The summed E-state index contributed by atoms with van der Waals surface area (Å²) in [4.78, 5) is 18.4. The van der Waals surface area contributed by atoms with E-state index in [-0.39, 0.29) is 5.56 Å². The maximum Gasteiger partial charge on any atom is 0.268 e. The Morgan fingerprint density at radius 1 is 1.38 bits per heavy atom. The predicted molar refractivity (Wildman–Crippen MR) is 70.5 cm³/mol. The monoisotopic (exact) mass is 314 g/mol. The molecule has 0 atom stereocenters. The Hall–Kier alpha value is -0.910. The molecule has 0 aliphatic carbocycles. The van der Waals surface area contributed by atoms with Gasteiger partial charge < -0.3 is 4.98 Å². The molecule has 6 heteroatoms. The van der Waals surface area contributed by atoms with Crippen LogP contribution in [0, 0.1) is 0 Å². The van der Waals surface area contributed by atoms with Gasteiger partial charge in [-0.15, -0.1) is 11.3 Å². The Morgan fingerprint density at radius 3 is 3.00 bits per heavy atom. The normalized spacial score (nSPS) is 11.4. The van der Waals surface area contributed by atoms with Crippen LogP contribution < -0.4 is 5.56 Å². The Balaban J connectivity index is 2.66. The molecule has 2 heterocycles. The number of hydrogen-bond acceptors (Lipinski definition) is 3. The van der Waals surface area contributed by atoms with Crippen LogP contribution in [0.15, 0.2) is 27.7 Å². The summed E-state index contributed by atoms with van der Waals surface area (Å²) in [5.41, 5.74) is 0.584. The highest BCUT2D eigenvalue weighted by atomic mass is 79.9. The highest BCUT2D eigenvalue weighted by Crippen LogP contribution is 2.37. The lowest BCUT2D eigenvalue weighted by atomic mass is 10.2. The number of H-pyrrole nitrogens is 1. The average molecular weight is 316 g/mol. The van der Waals surface area contributed by atoms with Gasteiger partial charge in [-0.1, -0.05) is 11.6 Å². The zero-order valence-corrected chi connectivity index (χ0v) is 10.9. The molecule has 0 bridgehead atoms. The molecular formula is C10H4BrClN2OS. The number of aromatic nitrogens is 2. The Labute approximate surface area is 107 Å². The zero-order valence-electron chi connectivity index (χ0n) is 7.75. The molecule has 16 heavy (non-hydrogen) atoms. The van der Waals surface area contributed by atoms with E-state index in [0.29, 0.717) is 15.2 Å². The number of halogens is 2. The molecule has 0 fully saturated rings. The van der Waals surface area contributed by atoms with E-state index >= 15 is 0 Å². The molecule has 0 saturated carbocycles. The van der Waals surface area contributed by atoms with Gasteiger partial charge in [0.05, 0.1) is 16.5 Å². The van der Waals surface area contributed by atoms with Crippen LogP contribution in [0.5, 0.6) is 0 Å². The molecule has 3 aromatic rings. The summed E-state index contributed by atoms with van der Waals surface area (Å²) in [6.45, 7) is 0. The van der Waals surface area contributed by atoms with Crippen molar-refractivity contribution in [1.29, 1.82) is 0 Å². The van der Waals surface area contributed by atoms with Crippen LogP contribution in [0.2, 0.25) is 5.02 Å². The number of nitrogens with one attached hydrogen (secondary N) is 1. The van der Waals surface area contributed by atoms with Gasteiger partial charge in [0.2, 0.25) is 0 Å². The largest absolute Gasteiger partial charge is 0.312 e. The van der Waals surface area contributed by atoms with Crippen molar-refractivity contribution in [3.05, 3.63) is 38.3 Å². The molecule has 2 aromatic heterocycles. The molecule has 0 radical (unpaired) electrons. The summed E-state index contributed by atoms with van der Waals surface area (Å²) in [7, 11) is 0. The van der Waals surface area contributed by atoms with E-state index < -0.39 is 0 Å². The van der Waals surface area contributed by atoms with Crippen LogP contribution in [-0.4, -0.2) is 9.97 Å². The summed E-state index contributed by atoms with van der Waals surface area (Å²) in [5, 5.41) is 1.53. The summed E-state index contributed by atoms with van der Waals surface area (Å²) in [6, 6.07) is 3.64. The fraction of sp³-hybridized carbons (Fsp3) is 0. The Morgan fingerprint density at radius 2 is 2.19 bits per heavy atom. The number of aromatic amines is 1. The topological polar surface area (TPSA) is 45.8 Å². The summed E-state index contributed by atoms with van der Waals surface area (Å²) < 4.78 is 2.50. The number of rotatable bonds is 0. The molecule has 3 nitrogen and oxygen atoms in total. The maximum atomic E-state index is 11.6. The van der Waals surface area contributed by atoms with E-state index in [1.54, 1.807) is 0 Å². The van der Waals surface area contributed by atoms with Crippen LogP contribution in [0.25, 0.3) is 20.3 Å². The summed E-state index contributed by atoms with van der Waals surface area (Å²) in [6.07, 6.45) is 1.41. The van der Waals surface area contributed by atoms with Gasteiger partial charge in [0.1, 0.15) is 4.70 Å². The first-order valence-corrected chi connectivity index (χ1v) is 6.40. The molecule has 0 unspecified atom stereocenters. The smallest absolute Gasteiger partial charge is 0.268 e. The van der Waals surface area contributed by atoms with E-state index in [9.17, 15) is 4.79 Å². The van der Waals surface area contributed by atoms with Crippen molar-refractivity contribution in [2.75, 3.05) is 0 Å². The zero-order chi connectivity index (χ0) is 11.3. The van der Waals surface area contributed by atoms with Crippen molar-refractivity contribution >= 4 is 59.2 Å². The standard InChI is InChI=1S/C10H4BrClN2OS/c11-6-2-4(12)1-5-7-9(16-8(5)6)10(15)14-3-13-7/h1-3H,(H,13,14,15). The van der Waals surface area contributed by atoms with Gasteiger partial charge in [-0.3, -0.25) is 4.79 Å². The first kappa shape index (κ1) is 10.3. The van der Waals surface area contributed by atoms with Crippen LogP contribution in [0.4, 0.5) is 0 Å². The maximum absolute atomic E-state index is 11.6. The third kappa shape index (κ3) is 1.39. The fourth-order valence-electron chi connectivity index (χ4n) is 1.62. The number of fused-ring (bicyclic) bond motifs is 3. The van der Waals surface area contributed by atoms with Crippen molar-refractivity contribution in [3.8, 4) is 0 Å². The lowest BCUT2D eigenvalue weighted by Crippen LogP contribution is -2.03. The van der Waals surface area contributed by atoms with E-state index in [0.717, 1.165) is 14.6 Å². The lowest BCUT2D eigenvalue weighted by molar-refractivity contribution is 1.18. The van der Waals surface area contributed by atoms with Gasteiger partial charge in [-0.25, -0.2) is 4.98 Å². The second-order valence-corrected chi connectivity index (χ2v) is 5.59. The number of benzene rings is 1. The van der Waals surface area contributed by atoms with E-state index in [1.165, 1.54) is 17.7 Å². The van der Waals surface area contributed by atoms with Gasteiger partial charge in [0, 0.05) is 14.9 Å². The van der Waals surface area contributed by atoms with Gasteiger partial charge in [-0.05, 0) is 28.1 Å². The summed E-state index contributed by atoms with van der Waals surface area (Å²) in [5.74, 6) is 0. The molecule has 0 aliphatic heterocycles. The van der Waals surface area contributed by atoms with Crippen LogP contribution >= 0.6 is 38.9 Å². The highest BCUT2D eigenvalue weighted by Gasteiger charge is 2.12. The minimum Gasteiger partial charge on any atom is -0.312 e. The van der Waals surface area contributed by atoms with Gasteiger partial charge in [0.25, 0.3) is 5.56 Å². The fourth-order valence-corrected chi connectivity index (χ4v) is 3.71. The molecule has 0 aliphatic rings. The molecule has 80 valence electrons. The van der Waals surface area contributed by atoms with Crippen molar-refractivity contribution in [2.24, 2.45) is 0 Å². The first-order chi connectivity index (χ1) is 7.66. The molecule has 3 rings (SSSR count). The molecule has 1 N–H and O–H groups in total. The van der Waals surface area contributed by atoms with Crippen LogP contribution in [-0.2, 0) is 0 Å². The number of thiophene rings is 1. The van der Waals surface area contributed by atoms with E-state index in [2.05, 4.69) is 25.9 Å². The molecule has 0 spiro atoms. The molecular weight excluding hydrogens is 312 g/mol. The lowest BCUT2D eigenvalue weighted by Gasteiger charge is -1.95. The minimum absolute atomic E-state index is 0.116. The molecule has 1 aromatic carbocycles. The second kappa shape index (κ2) is 3.55. The van der Waals surface area contributed by atoms with Gasteiger partial charge in [0.15, 0.2) is 0 Å². The molecule has 0 amide bonds. The van der Waals surface area contributed by atoms with E-state index in [1.807, 2.05) is 12.1 Å². The third-order valence-corrected chi connectivity index (χ3v) is 4.61. The van der Waals surface area contributed by atoms with Crippen molar-refractivity contribution in [3.63, 3.8) is 0 Å². The number of nitrogens with zero attached hydrogens (tertiary/aromatic N) is 1. The first-order valence-electron chi connectivity index (χ1n) is 4.42. The Bertz CT molecular complexity index is 764. The average Bonchev–Trinajstić information content (AvgIpc) is 2.59. The van der Waals surface area contributed by atoms with Crippen LogP contribution in [0.1, 0.15) is 0 Å². The second-order valence-electron chi connectivity index (χ2n) is 3.28. The van der Waals surface area contributed by atoms with Crippen LogP contribution in [0.3, 0.4) is 0 Å². The SMILES string of the molecule is O=c1[nH]cnc2c1sc1c(Br)cc(Cl)cc12. The predicted octanol–water partition coefficient (Wildman–Crippen LogP) is 3.55. The van der Waals surface area contributed by atoms with Crippen molar-refractivity contribution < 1.29 is 0 Å². The third-order valence-electron chi connectivity index (χ3n) is 2.28. The number of hydrogen-bond donors (Lipinski definition) is 1. The summed E-state index contributed by atoms with van der Waals surface area (Å²) >= 11 is 10.8. The molecule has 0 saturated heterocycles. The van der Waals surface area contributed by atoms with Gasteiger partial charge in [-0.2, -0.15) is 0 Å². The van der Waals surface area contributed by atoms with E-state index in [4.69, 9.17) is 11.6 Å². The van der Waals surface area contributed by atoms with Gasteiger partial charge >= 0.3 is 0 Å².